The van der Waals surface area contributed by atoms with Crippen molar-refractivity contribution in [2.24, 2.45) is 0 Å². The van der Waals surface area contributed by atoms with Gasteiger partial charge in [-0.15, -0.1) is 0 Å². The lowest BCUT2D eigenvalue weighted by Gasteiger charge is -2.05. The van der Waals surface area contributed by atoms with E-state index >= 15 is 0 Å². The minimum Gasteiger partial charge on any atom is -0.506 e. The summed E-state index contributed by atoms with van der Waals surface area (Å²) in [5.41, 5.74) is 0.0975. The molecule has 0 saturated heterocycles. The first kappa shape index (κ1) is 9.99. The second-order valence-corrected chi connectivity index (χ2v) is 3.25. The molecule has 1 amide bonds. The molecule has 0 aliphatic carbocycles. The predicted octanol–water partition coefficient (Wildman–Crippen LogP) is 1.76. The van der Waals surface area contributed by atoms with Crippen LogP contribution in [-0.4, -0.2) is 11.0 Å². The summed E-state index contributed by atoms with van der Waals surface area (Å²) in [6, 6.07) is 10.4. The maximum atomic E-state index is 11.4. The van der Waals surface area contributed by atoms with Crippen molar-refractivity contribution in [2.75, 3.05) is 0 Å². The van der Waals surface area contributed by atoms with Crippen LogP contribution in [0.2, 0.25) is 0 Å². The summed E-state index contributed by atoms with van der Waals surface area (Å²) in [6.45, 7) is 0. The molecule has 2 rings (SSSR count). The van der Waals surface area contributed by atoms with Gasteiger partial charge in [0.15, 0.2) is 6.19 Å². The molecule has 0 fully saturated rings. The molecule has 0 bridgehead atoms. The Hall–Kier alpha value is -2.54. The fraction of sp³-hybridized carbons (Fsp3) is 0. The molecule has 2 N–H and O–H groups in total. The summed E-state index contributed by atoms with van der Waals surface area (Å²) < 4.78 is 0. The van der Waals surface area contributed by atoms with E-state index in [0.29, 0.717) is 5.39 Å². The van der Waals surface area contributed by atoms with Crippen molar-refractivity contribution in [1.29, 1.82) is 5.26 Å². The molecule has 0 saturated carbocycles. The quantitative estimate of drug-likeness (QED) is 0.558. The molecular formula is C12H8N2O2. The molecule has 0 radical (unpaired) electrons. The van der Waals surface area contributed by atoms with Crippen LogP contribution in [0.25, 0.3) is 10.8 Å². The summed E-state index contributed by atoms with van der Waals surface area (Å²) >= 11 is 0. The summed E-state index contributed by atoms with van der Waals surface area (Å²) in [4.78, 5) is 11.4. The lowest BCUT2D eigenvalue weighted by atomic mass is 10.1. The standard InChI is InChI=1S/C12H8N2O2/c13-7-14-12(16)10-6-5-8-3-1-2-4-9(8)11(10)15/h1-6,15H,(H,14,16). The van der Waals surface area contributed by atoms with Crippen LogP contribution in [0.1, 0.15) is 10.4 Å². The predicted molar refractivity (Wildman–Crippen MR) is 58.7 cm³/mol. The average Bonchev–Trinajstić information content (AvgIpc) is 2.30. The molecule has 0 aromatic heterocycles. The van der Waals surface area contributed by atoms with E-state index in [2.05, 4.69) is 0 Å². The molecule has 0 spiro atoms. The Kier molecular flexibility index (Phi) is 2.44. The first-order chi connectivity index (χ1) is 7.74. The Bertz CT molecular complexity index is 599. The number of hydrogen-bond donors (Lipinski definition) is 2. The third-order valence-electron chi connectivity index (χ3n) is 2.31. The number of phenolic OH excluding ortho intramolecular Hbond substituents is 1. The number of amides is 1. The van der Waals surface area contributed by atoms with Crippen molar-refractivity contribution < 1.29 is 9.90 Å². The fourth-order valence-electron chi connectivity index (χ4n) is 1.56. The number of benzene rings is 2. The fourth-order valence-corrected chi connectivity index (χ4v) is 1.56. The molecule has 0 atom stereocenters. The number of aromatic hydroxyl groups is 1. The Morgan fingerprint density at radius 2 is 2.00 bits per heavy atom. The van der Waals surface area contributed by atoms with E-state index in [1.807, 2.05) is 17.4 Å². The molecule has 4 nitrogen and oxygen atoms in total. The van der Waals surface area contributed by atoms with E-state index in [9.17, 15) is 9.90 Å². The number of rotatable bonds is 1. The Morgan fingerprint density at radius 3 is 2.75 bits per heavy atom. The topological polar surface area (TPSA) is 73.1 Å². The number of hydrogen-bond acceptors (Lipinski definition) is 3. The van der Waals surface area contributed by atoms with Crippen molar-refractivity contribution in [3.8, 4) is 11.9 Å². The van der Waals surface area contributed by atoms with Gasteiger partial charge in [-0.3, -0.25) is 10.1 Å². The Balaban J connectivity index is 2.62. The smallest absolute Gasteiger partial charge is 0.268 e. The first-order valence-corrected chi connectivity index (χ1v) is 4.64. The van der Waals surface area contributed by atoms with Gasteiger partial charge in [0.05, 0.1) is 5.56 Å². The Labute approximate surface area is 91.7 Å². The number of nitrogens with one attached hydrogen (secondary N) is 1. The van der Waals surface area contributed by atoms with E-state index in [1.54, 1.807) is 18.2 Å². The van der Waals surface area contributed by atoms with E-state index in [0.717, 1.165) is 5.39 Å². The van der Waals surface area contributed by atoms with Gasteiger partial charge in [-0.2, -0.15) is 5.26 Å². The van der Waals surface area contributed by atoms with Gasteiger partial charge >= 0.3 is 0 Å². The van der Waals surface area contributed by atoms with Crippen LogP contribution in [0.4, 0.5) is 0 Å². The van der Waals surface area contributed by atoms with E-state index in [4.69, 9.17) is 5.26 Å². The van der Waals surface area contributed by atoms with Crippen LogP contribution < -0.4 is 5.32 Å². The molecular weight excluding hydrogens is 204 g/mol. The van der Waals surface area contributed by atoms with Gasteiger partial charge in [-0.05, 0) is 11.5 Å². The number of phenols is 1. The zero-order valence-corrected chi connectivity index (χ0v) is 8.27. The van der Waals surface area contributed by atoms with Crippen LogP contribution in [0.15, 0.2) is 36.4 Å². The van der Waals surface area contributed by atoms with Crippen LogP contribution in [0.3, 0.4) is 0 Å². The third kappa shape index (κ3) is 1.55. The second kappa shape index (κ2) is 3.91. The lowest BCUT2D eigenvalue weighted by molar-refractivity contribution is 0.0970. The molecule has 0 unspecified atom stereocenters. The zero-order chi connectivity index (χ0) is 11.5. The van der Waals surface area contributed by atoms with Gasteiger partial charge in [0.1, 0.15) is 5.75 Å². The second-order valence-electron chi connectivity index (χ2n) is 3.25. The van der Waals surface area contributed by atoms with Crippen molar-refractivity contribution in [3.63, 3.8) is 0 Å². The van der Waals surface area contributed by atoms with Crippen LogP contribution in [0.5, 0.6) is 5.75 Å². The maximum absolute atomic E-state index is 11.4. The van der Waals surface area contributed by atoms with Crippen molar-refractivity contribution in [1.82, 2.24) is 5.32 Å². The summed E-state index contributed by atoms with van der Waals surface area (Å²) in [7, 11) is 0. The van der Waals surface area contributed by atoms with Gasteiger partial charge < -0.3 is 5.11 Å². The summed E-state index contributed by atoms with van der Waals surface area (Å²) in [5.74, 6) is -0.711. The number of carbonyl (C=O) groups excluding carboxylic acids is 1. The van der Waals surface area contributed by atoms with Gasteiger partial charge in [0.25, 0.3) is 5.91 Å². The van der Waals surface area contributed by atoms with E-state index in [-0.39, 0.29) is 11.3 Å². The normalized spacial score (nSPS) is 9.69. The molecule has 16 heavy (non-hydrogen) atoms. The highest BCUT2D eigenvalue weighted by atomic mass is 16.3. The highest BCUT2D eigenvalue weighted by Gasteiger charge is 2.12. The largest absolute Gasteiger partial charge is 0.506 e. The molecule has 4 heteroatoms. The number of nitriles is 1. The SMILES string of the molecule is N#CNC(=O)c1ccc2ccccc2c1O. The van der Waals surface area contributed by atoms with Crippen LogP contribution >= 0.6 is 0 Å². The molecule has 2 aromatic carbocycles. The van der Waals surface area contributed by atoms with Crippen LogP contribution in [-0.2, 0) is 0 Å². The highest BCUT2D eigenvalue weighted by molar-refractivity contribution is 6.04. The van der Waals surface area contributed by atoms with Gasteiger partial charge in [0.2, 0.25) is 0 Å². The van der Waals surface area contributed by atoms with Crippen molar-refractivity contribution >= 4 is 16.7 Å². The highest BCUT2D eigenvalue weighted by Crippen LogP contribution is 2.28. The number of nitrogens with zero attached hydrogens (tertiary/aromatic N) is 1. The monoisotopic (exact) mass is 212 g/mol. The molecule has 2 aromatic rings. The molecule has 0 heterocycles. The van der Waals surface area contributed by atoms with Gasteiger partial charge in [0, 0.05) is 5.39 Å². The molecule has 78 valence electrons. The van der Waals surface area contributed by atoms with Gasteiger partial charge in [-0.25, -0.2) is 0 Å². The summed E-state index contributed by atoms with van der Waals surface area (Å²) in [6.07, 6.45) is 1.53. The van der Waals surface area contributed by atoms with Crippen LogP contribution in [0, 0.1) is 11.5 Å². The minimum atomic E-state index is -0.606. The molecule has 0 aliphatic rings. The van der Waals surface area contributed by atoms with E-state index in [1.165, 1.54) is 12.3 Å². The van der Waals surface area contributed by atoms with E-state index < -0.39 is 5.91 Å². The van der Waals surface area contributed by atoms with Gasteiger partial charge in [-0.1, -0.05) is 30.3 Å². The first-order valence-electron chi connectivity index (χ1n) is 4.64. The number of fused-ring (bicyclic) bond motifs is 1. The third-order valence-corrected chi connectivity index (χ3v) is 2.31. The lowest BCUT2D eigenvalue weighted by Crippen LogP contribution is -2.17. The zero-order valence-electron chi connectivity index (χ0n) is 8.27. The van der Waals surface area contributed by atoms with Crippen molar-refractivity contribution in [3.05, 3.63) is 42.0 Å². The minimum absolute atomic E-state index is 0.0975. The maximum Gasteiger partial charge on any atom is 0.268 e. The Morgan fingerprint density at radius 1 is 1.25 bits per heavy atom. The summed E-state index contributed by atoms with van der Waals surface area (Å²) in [5, 5.41) is 21.6. The average molecular weight is 212 g/mol. The molecule has 0 aliphatic heterocycles. The van der Waals surface area contributed by atoms with Crippen molar-refractivity contribution in [2.45, 2.75) is 0 Å². The number of carbonyl (C=O) groups is 1.